The lowest BCUT2D eigenvalue weighted by Crippen LogP contribution is -2.38. The zero-order chi connectivity index (χ0) is 18.4. The number of rotatable bonds is 7. The molecule has 2 aromatic rings. The largest absolute Gasteiger partial charge is 0.321 e. The summed E-state index contributed by atoms with van der Waals surface area (Å²) in [5.41, 5.74) is 2.44. The summed E-state index contributed by atoms with van der Waals surface area (Å²) in [5, 5.41) is 3.45. The maximum atomic E-state index is 12.2. The molecule has 0 saturated carbocycles. The molecule has 0 unspecified atom stereocenters. The van der Waals surface area contributed by atoms with Crippen molar-refractivity contribution in [1.29, 1.82) is 0 Å². The normalized spacial score (nSPS) is 11.4. The van der Waals surface area contributed by atoms with Gasteiger partial charge in [0.15, 0.2) is 0 Å². The zero-order valence-corrected chi connectivity index (χ0v) is 16.2. The van der Waals surface area contributed by atoms with E-state index >= 15 is 0 Å². The average molecular weight is 359 g/mol. The van der Waals surface area contributed by atoms with E-state index in [0.717, 1.165) is 13.0 Å². The van der Waals surface area contributed by atoms with Crippen molar-refractivity contribution in [3.05, 3.63) is 64.7 Å². The molecule has 2 rings (SSSR count). The molecule has 2 aromatic carbocycles. The van der Waals surface area contributed by atoms with Crippen LogP contribution < -0.4 is 5.32 Å². The Labute approximate surface area is 156 Å². The number of benzene rings is 2. The van der Waals surface area contributed by atoms with Gasteiger partial charge in [-0.2, -0.15) is 0 Å². The van der Waals surface area contributed by atoms with Gasteiger partial charge in [-0.15, -0.1) is 0 Å². The van der Waals surface area contributed by atoms with E-state index in [9.17, 15) is 4.79 Å². The Morgan fingerprint density at radius 3 is 2.24 bits per heavy atom. The van der Waals surface area contributed by atoms with Crippen LogP contribution in [-0.4, -0.2) is 29.4 Å². The molecular formula is C21H27ClN2O. The van der Waals surface area contributed by atoms with Crippen LogP contribution in [0, 0.1) is 0 Å². The standard InChI is InChI=1S/C21H27ClN2O/c1-15(2)24(16(3)4)13-12-17-10-11-20(19(22)14-17)23-21(25)18-8-6-5-7-9-18/h5-11,14-16H,12-13H2,1-4H3,(H,23,25). The van der Waals surface area contributed by atoms with Gasteiger partial charge in [0.05, 0.1) is 10.7 Å². The molecule has 0 aliphatic heterocycles. The number of anilines is 1. The molecule has 0 spiro atoms. The van der Waals surface area contributed by atoms with Gasteiger partial charge in [0, 0.05) is 24.2 Å². The highest BCUT2D eigenvalue weighted by Crippen LogP contribution is 2.24. The molecule has 0 aliphatic carbocycles. The Kier molecular flexibility index (Phi) is 7.03. The summed E-state index contributed by atoms with van der Waals surface area (Å²) < 4.78 is 0. The first-order valence-electron chi connectivity index (χ1n) is 8.79. The molecular weight excluding hydrogens is 332 g/mol. The molecule has 4 heteroatoms. The summed E-state index contributed by atoms with van der Waals surface area (Å²) in [4.78, 5) is 14.7. The monoisotopic (exact) mass is 358 g/mol. The summed E-state index contributed by atoms with van der Waals surface area (Å²) in [6.45, 7) is 9.86. The van der Waals surface area contributed by atoms with E-state index in [1.807, 2.05) is 36.4 Å². The number of hydrogen-bond acceptors (Lipinski definition) is 2. The Morgan fingerprint density at radius 2 is 1.68 bits per heavy atom. The van der Waals surface area contributed by atoms with E-state index in [1.165, 1.54) is 5.56 Å². The van der Waals surface area contributed by atoms with Crippen LogP contribution in [0.5, 0.6) is 0 Å². The fourth-order valence-corrected chi connectivity index (χ4v) is 3.22. The fraction of sp³-hybridized carbons (Fsp3) is 0.381. The van der Waals surface area contributed by atoms with Crippen molar-refractivity contribution in [2.24, 2.45) is 0 Å². The average Bonchev–Trinajstić information content (AvgIpc) is 2.57. The second kappa shape index (κ2) is 9.02. The first-order chi connectivity index (χ1) is 11.9. The van der Waals surface area contributed by atoms with Crippen LogP contribution in [0.15, 0.2) is 48.5 Å². The molecule has 0 aromatic heterocycles. The van der Waals surface area contributed by atoms with Gasteiger partial charge in [0.2, 0.25) is 0 Å². The Bertz CT molecular complexity index is 690. The quantitative estimate of drug-likeness (QED) is 0.732. The molecule has 0 atom stereocenters. The van der Waals surface area contributed by atoms with Crippen molar-refractivity contribution in [2.75, 3.05) is 11.9 Å². The van der Waals surface area contributed by atoms with Crippen molar-refractivity contribution in [3.8, 4) is 0 Å². The highest BCUT2D eigenvalue weighted by molar-refractivity contribution is 6.34. The molecule has 25 heavy (non-hydrogen) atoms. The molecule has 0 fully saturated rings. The number of hydrogen-bond donors (Lipinski definition) is 1. The zero-order valence-electron chi connectivity index (χ0n) is 15.4. The number of nitrogens with zero attached hydrogens (tertiary/aromatic N) is 1. The SMILES string of the molecule is CC(C)N(CCc1ccc(NC(=O)c2ccccc2)c(Cl)c1)C(C)C. The van der Waals surface area contributed by atoms with Crippen molar-refractivity contribution < 1.29 is 4.79 Å². The van der Waals surface area contributed by atoms with E-state index < -0.39 is 0 Å². The highest BCUT2D eigenvalue weighted by atomic mass is 35.5. The van der Waals surface area contributed by atoms with Gasteiger partial charge in [-0.05, 0) is 63.9 Å². The maximum Gasteiger partial charge on any atom is 0.255 e. The third kappa shape index (κ3) is 5.58. The van der Waals surface area contributed by atoms with Gasteiger partial charge >= 0.3 is 0 Å². The lowest BCUT2D eigenvalue weighted by Gasteiger charge is -2.30. The predicted molar refractivity (Wildman–Crippen MR) is 107 cm³/mol. The van der Waals surface area contributed by atoms with Gasteiger partial charge in [-0.1, -0.05) is 35.9 Å². The summed E-state index contributed by atoms with van der Waals surface area (Å²) in [6.07, 6.45) is 0.934. The van der Waals surface area contributed by atoms with Crippen LogP contribution in [0.1, 0.15) is 43.6 Å². The maximum absolute atomic E-state index is 12.2. The number of halogens is 1. The third-order valence-corrected chi connectivity index (χ3v) is 4.62. The van der Waals surface area contributed by atoms with Crippen LogP contribution in [0.25, 0.3) is 0 Å². The van der Waals surface area contributed by atoms with Crippen molar-refractivity contribution in [2.45, 2.75) is 46.2 Å². The van der Waals surface area contributed by atoms with Crippen LogP contribution in [-0.2, 0) is 6.42 Å². The Hall–Kier alpha value is -1.84. The highest BCUT2D eigenvalue weighted by Gasteiger charge is 2.14. The molecule has 0 aliphatic rings. The minimum absolute atomic E-state index is 0.152. The number of carbonyl (C=O) groups excluding carboxylic acids is 1. The van der Waals surface area contributed by atoms with Gasteiger partial charge < -0.3 is 5.32 Å². The summed E-state index contributed by atoms with van der Waals surface area (Å²) >= 11 is 6.37. The second-order valence-corrected chi connectivity index (χ2v) is 7.22. The fourth-order valence-electron chi connectivity index (χ4n) is 2.97. The Morgan fingerprint density at radius 1 is 1.04 bits per heavy atom. The van der Waals surface area contributed by atoms with E-state index in [4.69, 9.17) is 11.6 Å². The van der Waals surface area contributed by atoms with Crippen molar-refractivity contribution in [3.63, 3.8) is 0 Å². The van der Waals surface area contributed by atoms with E-state index in [2.05, 4.69) is 37.9 Å². The van der Waals surface area contributed by atoms with Crippen molar-refractivity contribution in [1.82, 2.24) is 4.90 Å². The number of nitrogens with one attached hydrogen (secondary N) is 1. The van der Waals surface area contributed by atoms with Crippen molar-refractivity contribution >= 4 is 23.2 Å². The van der Waals surface area contributed by atoms with Gasteiger partial charge in [-0.25, -0.2) is 0 Å². The number of carbonyl (C=O) groups is 1. The minimum atomic E-state index is -0.152. The lowest BCUT2D eigenvalue weighted by molar-refractivity contribution is 0.102. The molecule has 0 heterocycles. The minimum Gasteiger partial charge on any atom is -0.321 e. The van der Waals surface area contributed by atoms with E-state index in [-0.39, 0.29) is 5.91 Å². The van der Waals surface area contributed by atoms with Gasteiger partial charge in [0.1, 0.15) is 0 Å². The van der Waals surface area contributed by atoms with E-state index in [0.29, 0.717) is 28.4 Å². The number of amides is 1. The van der Waals surface area contributed by atoms with Crippen LogP contribution in [0.3, 0.4) is 0 Å². The molecule has 3 nitrogen and oxygen atoms in total. The molecule has 1 amide bonds. The summed E-state index contributed by atoms with van der Waals surface area (Å²) in [6, 6.07) is 16.0. The molecule has 0 saturated heterocycles. The van der Waals surface area contributed by atoms with Gasteiger partial charge in [0.25, 0.3) is 5.91 Å². The molecule has 134 valence electrons. The predicted octanol–water partition coefficient (Wildman–Crippen LogP) is 5.25. The third-order valence-electron chi connectivity index (χ3n) is 4.30. The first-order valence-corrected chi connectivity index (χ1v) is 9.17. The topological polar surface area (TPSA) is 32.3 Å². The van der Waals surface area contributed by atoms with Gasteiger partial charge in [-0.3, -0.25) is 9.69 Å². The second-order valence-electron chi connectivity index (χ2n) is 6.81. The molecule has 0 bridgehead atoms. The smallest absolute Gasteiger partial charge is 0.255 e. The molecule has 0 radical (unpaired) electrons. The van der Waals surface area contributed by atoms with Crippen LogP contribution in [0.4, 0.5) is 5.69 Å². The molecule has 1 N–H and O–H groups in total. The first kappa shape index (κ1) is 19.5. The lowest BCUT2D eigenvalue weighted by atomic mass is 10.1. The van der Waals surface area contributed by atoms with E-state index in [1.54, 1.807) is 12.1 Å². The summed E-state index contributed by atoms with van der Waals surface area (Å²) in [5.74, 6) is -0.152. The van der Waals surface area contributed by atoms with Crippen LogP contribution >= 0.6 is 11.6 Å². The summed E-state index contributed by atoms with van der Waals surface area (Å²) in [7, 11) is 0. The van der Waals surface area contributed by atoms with Crippen LogP contribution in [0.2, 0.25) is 5.02 Å². The Balaban J connectivity index is 2.02.